The Kier molecular flexibility index (Phi) is 6.63. The number of piperidine rings is 1. The molecule has 0 unspecified atom stereocenters. The fourth-order valence-corrected chi connectivity index (χ4v) is 4.83. The van der Waals surface area contributed by atoms with Crippen molar-refractivity contribution < 1.29 is 4.74 Å². The van der Waals surface area contributed by atoms with Gasteiger partial charge in [-0.15, -0.1) is 0 Å². The molecule has 6 heteroatoms. The fourth-order valence-electron chi connectivity index (χ4n) is 4.83. The molecular formula is C27H33N5O. The lowest BCUT2D eigenvalue weighted by Crippen LogP contribution is -2.46. The number of ether oxygens (including phenoxy) is 1. The van der Waals surface area contributed by atoms with Crippen LogP contribution in [0.3, 0.4) is 0 Å². The average Bonchev–Trinajstić information content (AvgIpc) is 2.86. The molecule has 3 aromatic rings. The standard InChI is InChI=1S/C27H33N5O/c28-27-20-22(10-13-29-27)21-30-14-11-26(12-15-30)33-25-8-6-24(7-9-25)32-18-16-31(17-19-32)23-4-2-1-3-5-23/h1-10,13,20,26H,11-12,14-19,21H2,(H2,28,29). The zero-order valence-corrected chi connectivity index (χ0v) is 19.1. The number of likely N-dealkylation sites (tertiary alicyclic amines) is 1. The van der Waals surface area contributed by atoms with Crippen LogP contribution in [0.1, 0.15) is 18.4 Å². The SMILES string of the molecule is Nc1cc(CN2CCC(Oc3ccc(N4CCN(c5ccccc5)CC4)cc3)CC2)ccn1. The van der Waals surface area contributed by atoms with Crippen LogP contribution in [0.4, 0.5) is 17.2 Å². The van der Waals surface area contributed by atoms with E-state index in [9.17, 15) is 0 Å². The molecule has 0 radical (unpaired) electrons. The fraction of sp³-hybridized carbons (Fsp3) is 0.370. The highest BCUT2D eigenvalue weighted by atomic mass is 16.5. The highest BCUT2D eigenvalue weighted by Crippen LogP contribution is 2.25. The second-order valence-electron chi connectivity index (χ2n) is 8.99. The van der Waals surface area contributed by atoms with Crippen LogP contribution in [0.5, 0.6) is 5.75 Å². The van der Waals surface area contributed by atoms with Gasteiger partial charge in [0.05, 0.1) is 0 Å². The van der Waals surface area contributed by atoms with Crippen LogP contribution in [0, 0.1) is 0 Å². The maximum atomic E-state index is 6.31. The van der Waals surface area contributed by atoms with Gasteiger partial charge in [0.1, 0.15) is 17.7 Å². The van der Waals surface area contributed by atoms with Crippen LogP contribution in [0.25, 0.3) is 0 Å². The summed E-state index contributed by atoms with van der Waals surface area (Å²) in [5.74, 6) is 1.56. The van der Waals surface area contributed by atoms with E-state index in [4.69, 9.17) is 10.5 Å². The van der Waals surface area contributed by atoms with Crippen LogP contribution in [-0.4, -0.2) is 55.3 Å². The summed E-state index contributed by atoms with van der Waals surface area (Å²) >= 11 is 0. The highest BCUT2D eigenvalue weighted by Gasteiger charge is 2.21. The summed E-state index contributed by atoms with van der Waals surface area (Å²) in [5.41, 5.74) is 9.63. The lowest BCUT2D eigenvalue weighted by atomic mass is 10.1. The zero-order chi connectivity index (χ0) is 22.5. The first-order valence-corrected chi connectivity index (χ1v) is 12.0. The van der Waals surface area contributed by atoms with E-state index in [1.54, 1.807) is 6.20 Å². The molecule has 0 atom stereocenters. The number of nitrogens with two attached hydrogens (primary N) is 1. The number of hydrogen-bond acceptors (Lipinski definition) is 6. The zero-order valence-electron chi connectivity index (χ0n) is 19.1. The first-order chi connectivity index (χ1) is 16.2. The van der Waals surface area contributed by atoms with E-state index in [-0.39, 0.29) is 6.10 Å². The molecule has 0 bridgehead atoms. The molecule has 2 aromatic carbocycles. The van der Waals surface area contributed by atoms with Crippen molar-refractivity contribution >= 4 is 17.2 Å². The van der Waals surface area contributed by atoms with Gasteiger partial charge in [-0.2, -0.15) is 0 Å². The number of benzene rings is 2. The van der Waals surface area contributed by atoms with Gasteiger partial charge in [-0.1, -0.05) is 18.2 Å². The Labute approximate surface area is 196 Å². The molecule has 3 heterocycles. The third-order valence-corrected chi connectivity index (χ3v) is 6.69. The number of nitrogens with zero attached hydrogens (tertiary/aromatic N) is 4. The first-order valence-electron chi connectivity index (χ1n) is 12.0. The van der Waals surface area contributed by atoms with Gasteiger partial charge in [-0.25, -0.2) is 4.98 Å². The quantitative estimate of drug-likeness (QED) is 0.621. The van der Waals surface area contributed by atoms with Crippen LogP contribution in [-0.2, 0) is 6.54 Å². The minimum absolute atomic E-state index is 0.282. The third kappa shape index (κ3) is 5.57. The summed E-state index contributed by atoms with van der Waals surface area (Å²) in [4.78, 5) is 11.5. The van der Waals surface area contributed by atoms with E-state index in [0.717, 1.165) is 64.4 Å². The summed E-state index contributed by atoms with van der Waals surface area (Å²) in [7, 11) is 0. The summed E-state index contributed by atoms with van der Waals surface area (Å²) in [6.45, 7) is 7.17. The van der Waals surface area contributed by atoms with Gasteiger partial charge < -0.3 is 20.3 Å². The molecule has 2 saturated heterocycles. The van der Waals surface area contributed by atoms with Crippen molar-refractivity contribution in [2.24, 2.45) is 0 Å². The van der Waals surface area contributed by atoms with E-state index in [1.807, 2.05) is 12.1 Å². The van der Waals surface area contributed by atoms with E-state index in [1.165, 1.54) is 16.9 Å². The van der Waals surface area contributed by atoms with E-state index < -0.39 is 0 Å². The van der Waals surface area contributed by atoms with Gasteiger partial charge in [-0.3, -0.25) is 4.90 Å². The van der Waals surface area contributed by atoms with Gasteiger partial charge in [0.15, 0.2) is 0 Å². The predicted octanol–water partition coefficient (Wildman–Crippen LogP) is 4.03. The minimum atomic E-state index is 0.282. The van der Waals surface area contributed by atoms with Gasteiger partial charge >= 0.3 is 0 Å². The molecule has 2 fully saturated rings. The van der Waals surface area contributed by atoms with Gasteiger partial charge in [0.25, 0.3) is 0 Å². The molecule has 1 aromatic heterocycles. The molecule has 2 aliphatic heterocycles. The lowest BCUT2D eigenvalue weighted by Gasteiger charge is -2.37. The van der Waals surface area contributed by atoms with Crippen LogP contribution >= 0.6 is 0 Å². The number of aromatic nitrogens is 1. The lowest BCUT2D eigenvalue weighted by molar-refractivity contribution is 0.0968. The van der Waals surface area contributed by atoms with Gasteiger partial charge in [0, 0.05) is 63.4 Å². The highest BCUT2D eigenvalue weighted by molar-refractivity contribution is 5.53. The Morgan fingerprint density at radius 2 is 1.42 bits per heavy atom. The number of rotatable bonds is 6. The molecule has 0 amide bonds. The topological polar surface area (TPSA) is 57.9 Å². The molecule has 0 saturated carbocycles. The Balaban J connectivity index is 1.08. The van der Waals surface area contributed by atoms with Gasteiger partial charge in [0.2, 0.25) is 0 Å². The summed E-state index contributed by atoms with van der Waals surface area (Å²) < 4.78 is 6.31. The third-order valence-electron chi connectivity index (χ3n) is 6.69. The van der Waals surface area contributed by atoms with Crippen LogP contribution in [0.2, 0.25) is 0 Å². The molecular weight excluding hydrogens is 410 g/mol. The Hall–Kier alpha value is -3.25. The molecule has 0 spiro atoms. The molecule has 5 rings (SSSR count). The van der Waals surface area contributed by atoms with Crippen molar-refractivity contribution in [3.8, 4) is 5.75 Å². The van der Waals surface area contributed by atoms with E-state index >= 15 is 0 Å². The van der Waals surface area contributed by atoms with Gasteiger partial charge in [-0.05, 0) is 66.9 Å². The number of nitrogen functional groups attached to an aromatic ring is 1. The number of pyridine rings is 1. The van der Waals surface area contributed by atoms with Crippen molar-refractivity contribution in [2.75, 3.05) is 54.8 Å². The molecule has 0 aliphatic carbocycles. The Morgan fingerprint density at radius 3 is 2.06 bits per heavy atom. The molecule has 2 N–H and O–H groups in total. The Morgan fingerprint density at radius 1 is 0.788 bits per heavy atom. The second-order valence-corrected chi connectivity index (χ2v) is 8.99. The summed E-state index contributed by atoms with van der Waals surface area (Å²) in [6.07, 6.45) is 4.16. The molecule has 6 nitrogen and oxygen atoms in total. The second kappa shape index (κ2) is 10.1. The minimum Gasteiger partial charge on any atom is -0.490 e. The van der Waals surface area contributed by atoms with E-state index in [2.05, 4.69) is 74.3 Å². The number of anilines is 3. The van der Waals surface area contributed by atoms with E-state index in [0.29, 0.717) is 5.82 Å². The van der Waals surface area contributed by atoms with Crippen molar-refractivity contribution in [1.82, 2.24) is 9.88 Å². The predicted molar refractivity (Wildman–Crippen MR) is 135 cm³/mol. The van der Waals surface area contributed by atoms with Crippen molar-refractivity contribution in [1.29, 1.82) is 0 Å². The number of piperazine rings is 1. The van der Waals surface area contributed by atoms with Crippen molar-refractivity contribution in [3.63, 3.8) is 0 Å². The number of para-hydroxylation sites is 1. The van der Waals surface area contributed by atoms with Crippen LogP contribution < -0.4 is 20.3 Å². The Bertz CT molecular complexity index is 1010. The molecule has 33 heavy (non-hydrogen) atoms. The maximum absolute atomic E-state index is 6.31. The summed E-state index contributed by atoms with van der Waals surface area (Å²) in [6, 6.07) is 23.4. The normalized spacial score (nSPS) is 17.8. The van der Waals surface area contributed by atoms with Crippen molar-refractivity contribution in [3.05, 3.63) is 78.5 Å². The smallest absolute Gasteiger partial charge is 0.123 e. The monoisotopic (exact) mass is 443 g/mol. The van der Waals surface area contributed by atoms with Crippen molar-refractivity contribution in [2.45, 2.75) is 25.5 Å². The number of hydrogen-bond donors (Lipinski definition) is 1. The van der Waals surface area contributed by atoms with Crippen LogP contribution in [0.15, 0.2) is 72.9 Å². The summed E-state index contributed by atoms with van der Waals surface area (Å²) in [5, 5.41) is 0. The maximum Gasteiger partial charge on any atom is 0.123 e. The largest absolute Gasteiger partial charge is 0.490 e. The molecule has 172 valence electrons. The molecule has 2 aliphatic rings. The average molecular weight is 444 g/mol. The first kappa shape index (κ1) is 21.6.